The number of thiazole rings is 1. The second-order valence-electron chi connectivity index (χ2n) is 5.15. The Morgan fingerprint density at radius 2 is 1.84 bits per heavy atom. The molecule has 0 bridgehead atoms. The molecule has 0 fully saturated rings. The van der Waals surface area contributed by atoms with Crippen LogP contribution < -0.4 is 5.32 Å². The highest BCUT2D eigenvalue weighted by Crippen LogP contribution is 2.23. The summed E-state index contributed by atoms with van der Waals surface area (Å²) in [6, 6.07) is 11.4. The normalized spacial score (nSPS) is 14.3. The third-order valence-corrected chi connectivity index (χ3v) is 4.17. The molecule has 2 rings (SSSR count). The molecule has 0 aliphatic rings. The number of hydrogen-bond acceptors (Lipinski definition) is 3. The van der Waals surface area contributed by atoms with E-state index in [1.807, 2.05) is 0 Å². The first kappa shape index (κ1) is 14.2. The summed E-state index contributed by atoms with van der Waals surface area (Å²) in [6.45, 7) is 8.66. The molecule has 0 aliphatic heterocycles. The molecule has 2 unspecified atom stereocenters. The molecule has 3 heteroatoms. The molecule has 2 nitrogen and oxygen atoms in total. The van der Waals surface area contributed by atoms with Crippen LogP contribution in [-0.4, -0.2) is 11.0 Å². The van der Waals surface area contributed by atoms with Crippen molar-refractivity contribution in [2.24, 2.45) is 0 Å². The maximum atomic E-state index is 4.63. The fraction of sp³-hybridized carbons (Fsp3) is 0.438. The maximum Gasteiger partial charge on any atom is 0.0900 e. The van der Waals surface area contributed by atoms with E-state index in [0.717, 1.165) is 11.4 Å². The highest BCUT2D eigenvalue weighted by Gasteiger charge is 2.15. The first-order valence-electron chi connectivity index (χ1n) is 6.80. The molecule has 0 amide bonds. The van der Waals surface area contributed by atoms with Gasteiger partial charge in [0.1, 0.15) is 0 Å². The molecular weight excluding hydrogens is 252 g/mol. The summed E-state index contributed by atoms with van der Waals surface area (Å²) >= 11 is 1.78. The van der Waals surface area contributed by atoms with Gasteiger partial charge in [0, 0.05) is 17.0 Å². The van der Waals surface area contributed by atoms with Gasteiger partial charge < -0.3 is 5.32 Å². The monoisotopic (exact) mass is 274 g/mol. The third-order valence-electron chi connectivity index (χ3n) is 3.27. The van der Waals surface area contributed by atoms with Gasteiger partial charge in [0.2, 0.25) is 0 Å². The van der Waals surface area contributed by atoms with Gasteiger partial charge in [-0.3, -0.25) is 0 Å². The summed E-state index contributed by atoms with van der Waals surface area (Å²) in [5.74, 6) is 0. The van der Waals surface area contributed by atoms with E-state index in [9.17, 15) is 0 Å². The number of rotatable bonds is 5. The predicted octanol–water partition coefficient (Wildman–Crippen LogP) is 4.04. The van der Waals surface area contributed by atoms with Crippen molar-refractivity contribution in [3.8, 4) is 0 Å². The van der Waals surface area contributed by atoms with E-state index in [1.165, 1.54) is 16.1 Å². The average molecular weight is 274 g/mol. The van der Waals surface area contributed by atoms with Gasteiger partial charge in [0.15, 0.2) is 0 Å². The van der Waals surface area contributed by atoms with Crippen LogP contribution in [-0.2, 0) is 6.42 Å². The van der Waals surface area contributed by atoms with Crippen molar-refractivity contribution in [1.82, 2.24) is 10.3 Å². The number of hydrogen-bond donors (Lipinski definition) is 1. The van der Waals surface area contributed by atoms with Gasteiger partial charge in [-0.15, -0.1) is 11.3 Å². The number of nitrogens with zero attached hydrogens (tertiary/aromatic N) is 1. The zero-order valence-electron chi connectivity index (χ0n) is 12.1. The number of nitrogens with one attached hydrogen (secondary N) is 1. The Morgan fingerprint density at radius 1 is 1.16 bits per heavy atom. The minimum atomic E-state index is 0.309. The fourth-order valence-electron chi connectivity index (χ4n) is 2.48. The van der Waals surface area contributed by atoms with Crippen LogP contribution in [0.5, 0.6) is 0 Å². The van der Waals surface area contributed by atoms with Crippen LogP contribution in [0.15, 0.2) is 30.3 Å². The van der Waals surface area contributed by atoms with E-state index >= 15 is 0 Å². The summed E-state index contributed by atoms with van der Waals surface area (Å²) in [4.78, 5) is 5.95. The molecule has 0 spiro atoms. The zero-order valence-corrected chi connectivity index (χ0v) is 12.9. The Labute approximate surface area is 119 Å². The van der Waals surface area contributed by atoms with Crippen molar-refractivity contribution >= 4 is 11.3 Å². The molecule has 0 saturated heterocycles. The second-order valence-corrected chi connectivity index (χ2v) is 6.56. The van der Waals surface area contributed by atoms with Gasteiger partial charge in [0.25, 0.3) is 0 Å². The Bertz CT molecular complexity index is 519. The maximum absolute atomic E-state index is 4.63. The zero-order chi connectivity index (χ0) is 13.8. The highest BCUT2D eigenvalue weighted by atomic mass is 32.1. The van der Waals surface area contributed by atoms with Crippen molar-refractivity contribution in [2.75, 3.05) is 0 Å². The fourth-order valence-corrected chi connectivity index (χ4v) is 3.39. The smallest absolute Gasteiger partial charge is 0.0900 e. The lowest BCUT2D eigenvalue weighted by Gasteiger charge is -2.19. The lowest BCUT2D eigenvalue weighted by molar-refractivity contribution is 0.470. The Morgan fingerprint density at radius 3 is 2.42 bits per heavy atom. The van der Waals surface area contributed by atoms with E-state index in [2.05, 4.69) is 68.3 Å². The van der Waals surface area contributed by atoms with Gasteiger partial charge in [-0.2, -0.15) is 0 Å². The van der Waals surface area contributed by atoms with Gasteiger partial charge in [-0.1, -0.05) is 30.3 Å². The molecule has 0 saturated carbocycles. The lowest BCUT2D eigenvalue weighted by atomic mass is 10.1. The Balaban J connectivity index is 1.95. The average Bonchev–Trinajstić information content (AvgIpc) is 2.69. The molecule has 1 aromatic carbocycles. The van der Waals surface area contributed by atoms with E-state index < -0.39 is 0 Å². The summed E-state index contributed by atoms with van der Waals surface area (Å²) < 4.78 is 0. The van der Waals surface area contributed by atoms with Crippen molar-refractivity contribution in [2.45, 2.75) is 46.2 Å². The standard InChI is InChI=1S/C16H22N2S/c1-11(10-15-8-6-5-7-9-15)17-12(2)16-13(3)19-14(4)18-16/h5-9,11-12,17H,10H2,1-4H3. The number of benzene rings is 1. The highest BCUT2D eigenvalue weighted by molar-refractivity contribution is 7.11. The first-order chi connectivity index (χ1) is 9.06. The van der Waals surface area contributed by atoms with Crippen molar-refractivity contribution < 1.29 is 0 Å². The molecule has 2 aromatic rings. The molecule has 1 heterocycles. The Kier molecular flexibility index (Phi) is 4.72. The van der Waals surface area contributed by atoms with Crippen molar-refractivity contribution in [3.05, 3.63) is 51.5 Å². The second kappa shape index (κ2) is 6.31. The Hall–Kier alpha value is -1.19. The predicted molar refractivity (Wildman–Crippen MR) is 82.7 cm³/mol. The number of aryl methyl sites for hydroxylation is 2. The largest absolute Gasteiger partial charge is 0.306 e. The first-order valence-corrected chi connectivity index (χ1v) is 7.62. The quantitative estimate of drug-likeness (QED) is 0.890. The molecular formula is C16H22N2S. The van der Waals surface area contributed by atoms with Crippen LogP contribution in [0, 0.1) is 13.8 Å². The molecule has 102 valence electrons. The van der Waals surface area contributed by atoms with Gasteiger partial charge >= 0.3 is 0 Å². The van der Waals surface area contributed by atoms with Crippen molar-refractivity contribution in [1.29, 1.82) is 0 Å². The topological polar surface area (TPSA) is 24.9 Å². The van der Waals surface area contributed by atoms with E-state index in [-0.39, 0.29) is 0 Å². The SMILES string of the molecule is Cc1nc(C(C)NC(C)Cc2ccccc2)c(C)s1. The van der Waals surface area contributed by atoms with Crippen LogP contribution in [0.4, 0.5) is 0 Å². The van der Waals surface area contributed by atoms with Crippen LogP contribution in [0.1, 0.15) is 41.0 Å². The molecule has 1 N–H and O–H groups in total. The minimum Gasteiger partial charge on any atom is -0.306 e. The summed E-state index contributed by atoms with van der Waals surface area (Å²) in [5, 5.41) is 4.79. The molecule has 0 radical (unpaired) electrons. The van der Waals surface area contributed by atoms with E-state index in [4.69, 9.17) is 0 Å². The third kappa shape index (κ3) is 3.88. The van der Waals surface area contributed by atoms with Crippen LogP contribution in [0.2, 0.25) is 0 Å². The van der Waals surface area contributed by atoms with E-state index in [1.54, 1.807) is 11.3 Å². The van der Waals surface area contributed by atoms with Crippen LogP contribution >= 0.6 is 11.3 Å². The van der Waals surface area contributed by atoms with Crippen LogP contribution in [0.3, 0.4) is 0 Å². The summed E-state index contributed by atoms with van der Waals surface area (Å²) in [7, 11) is 0. The van der Waals surface area contributed by atoms with Crippen molar-refractivity contribution in [3.63, 3.8) is 0 Å². The molecule has 0 aliphatic carbocycles. The van der Waals surface area contributed by atoms with Gasteiger partial charge in [0.05, 0.1) is 10.7 Å². The van der Waals surface area contributed by atoms with E-state index in [0.29, 0.717) is 12.1 Å². The van der Waals surface area contributed by atoms with Gasteiger partial charge in [-0.05, 0) is 39.7 Å². The summed E-state index contributed by atoms with van der Waals surface area (Å²) in [6.07, 6.45) is 1.05. The van der Waals surface area contributed by atoms with Crippen LogP contribution in [0.25, 0.3) is 0 Å². The number of aromatic nitrogens is 1. The summed E-state index contributed by atoms with van der Waals surface area (Å²) in [5.41, 5.74) is 2.57. The van der Waals surface area contributed by atoms with Gasteiger partial charge in [-0.25, -0.2) is 4.98 Å². The molecule has 2 atom stereocenters. The molecule has 19 heavy (non-hydrogen) atoms. The molecule has 1 aromatic heterocycles. The minimum absolute atomic E-state index is 0.309. The lowest BCUT2D eigenvalue weighted by Crippen LogP contribution is -2.31.